The summed E-state index contributed by atoms with van der Waals surface area (Å²) in [5.74, 6) is -0.804. The number of nitrogens with zero attached hydrogens (tertiary/aromatic N) is 1. The third kappa shape index (κ3) is 4.84. The number of ether oxygens (including phenoxy) is 1. The average Bonchev–Trinajstić information content (AvgIpc) is 3.00. The highest BCUT2D eigenvalue weighted by molar-refractivity contribution is 9.10. The first-order valence-corrected chi connectivity index (χ1v) is 12.1. The van der Waals surface area contributed by atoms with E-state index in [1.807, 2.05) is 26.0 Å². The van der Waals surface area contributed by atoms with E-state index in [0.29, 0.717) is 17.0 Å². The van der Waals surface area contributed by atoms with E-state index >= 15 is 0 Å². The molecule has 0 radical (unpaired) electrons. The van der Waals surface area contributed by atoms with Gasteiger partial charge in [-0.25, -0.2) is 4.79 Å². The summed E-state index contributed by atoms with van der Waals surface area (Å²) in [6.07, 6.45) is 4.73. The first kappa shape index (κ1) is 23.5. The largest absolute Gasteiger partial charge is 0.422 e. The van der Waals surface area contributed by atoms with Crippen LogP contribution in [0.15, 0.2) is 51.6 Å². The molecule has 2 aromatic carbocycles. The van der Waals surface area contributed by atoms with E-state index in [2.05, 4.69) is 21.2 Å². The molecule has 4 rings (SSSR count). The van der Waals surface area contributed by atoms with Gasteiger partial charge in [-0.1, -0.05) is 46.8 Å². The Kier molecular flexibility index (Phi) is 6.91. The van der Waals surface area contributed by atoms with Crippen LogP contribution in [0.2, 0.25) is 0 Å². The summed E-state index contributed by atoms with van der Waals surface area (Å²) in [7, 11) is 0. The molecule has 1 saturated carbocycles. The van der Waals surface area contributed by atoms with Crippen molar-refractivity contribution >= 4 is 51.0 Å². The summed E-state index contributed by atoms with van der Waals surface area (Å²) in [4.78, 5) is 39.5. The van der Waals surface area contributed by atoms with Gasteiger partial charge in [-0.15, -0.1) is 0 Å². The fraction of sp³-hybridized carbons (Fsp3) is 0.320. The van der Waals surface area contributed by atoms with Crippen LogP contribution in [0.3, 0.4) is 0 Å². The number of anilines is 1. The van der Waals surface area contributed by atoms with E-state index in [1.54, 1.807) is 24.3 Å². The lowest BCUT2D eigenvalue weighted by molar-refractivity contribution is -0.140. The summed E-state index contributed by atoms with van der Waals surface area (Å²) in [6.45, 7) is 3.75. The van der Waals surface area contributed by atoms with E-state index < -0.39 is 17.8 Å². The molecule has 2 amide bonds. The third-order valence-corrected chi connectivity index (χ3v) is 6.82. The van der Waals surface area contributed by atoms with Gasteiger partial charge in [0.2, 0.25) is 0 Å². The molecular formula is C25H24BrClN2O4. The van der Waals surface area contributed by atoms with Crippen LogP contribution >= 0.6 is 27.5 Å². The van der Waals surface area contributed by atoms with Crippen LogP contribution in [0.1, 0.15) is 53.6 Å². The molecule has 0 spiro atoms. The van der Waals surface area contributed by atoms with Gasteiger partial charge in [-0.3, -0.25) is 14.5 Å². The van der Waals surface area contributed by atoms with Crippen molar-refractivity contribution in [2.24, 2.45) is 0 Å². The van der Waals surface area contributed by atoms with Gasteiger partial charge in [-0.05, 0) is 74.2 Å². The van der Waals surface area contributed by atoms with E-state index in [4.69, 9.17) is 16.3 Å². The van der Waals surface area contributed by atoms with Crippen molar-refractivity contribution in [3.63, 3.8) is 0 Å². The number of nitrogens with one attached hydrogen (secondary N) is 1. The number of hydrogen-bond donors (Lipinski definition) is 1. The van der Waals surface area contributed by atoms with Crippen molar-refractivity contribution < 1.29 is 19.1 Å². The van der Waals surface area contributed by atoms with Crippen molar-refractivity contribution in [1.29, 1.82) is 0 Å². The topological polar surface area (TPSA) is 75.7 Å². The predicted molar refractivity (Wildman–Crippen MR) is 130 cm³/mol. The minimum absolute atomic E-state index is 0.0729. The fourth-order valence-corrected chi connectivity index (χ4v) is 5.25. The first-order chi connectivity index (χ1) is 15.8. The molecule has 8 heteroatoms. The lowest BCUT2D eigenvalue weighted by Gasteiger charge is -2.29. The van der Waals surface area contributed by atoms with E-state index in [-0.39, 0.29) is 16.8 Å². The molecule has 1 aliphatic carbocycles. The Morgan fingerprint density at radius 1 is 1.03 bits per heavy atom. The fourth-order valence-electron chi connectivity index (χ4n) is 4.34. The minimum atomic E-state index is -0.483. The van der Waals surface area contributed by atoms with Crippen LogP contribution in [-0.4, -0.2) is 28.7 Å². The zero-order chi connectivity index (χ0) is 23.7. The maximum Gasteiger partial charge on any atom is 0.343 e. The zero-order valence-electron chi connectivity index (χ0n) is 18.4. The molecule has 0 unspecified atom stereocenters. The van der Waals surface area contributed by atoms with Crippen LogP contribution in [0, 0.1) is 13.8 Å². The number of rotatable bonds is 5. The minimum Gasteiger partial charge on any atom is -0.422 e. The number of carbonyl (C=O) groups excluding carboxylic acids is 3. The van der Waals surface area contributed by atoms with Crippen LogP contribution in [0.25, 0.3) is 0 Å². The Labute approximate surface area is 206 Å². The highest BCUT2D eigenvalue weighted by atomic mass is 79.9. The number of carbonyl (C=O) groups is 3. The van der Waals surface area contributed by atoms with Gasteiger partial charge in [0, 0.05) is 16.2 Å². The zero-order valence-corrected chi connectivity index (χ0v) is 20.8. The number of benzene rings is 2. The van der Waals surface area contributed by atoms with Crippen LogP contribution in [0.5, 0.6) is 5.75 Å². The van der Waals surface area contributed by atoms with Gasteiger partial charge < -0.3 is 10.1 Å². The normalized spacial score (nSPS) is 17.0. The molecule has 6 nitrogen and oxygen atoms in total. The average molecular weight is 532 g/mol. The Morgan fingerprint density at radius 3 is 2.24 bits per heavy atom. The number of halogens is 2. The summed E-state index contributed by atoms with van der Waals surface area (Å²) >= 11 is 9.66. The van der Waals surface area contributed by atoms with Gasteiger partial charge >= 0.3 is 5.97 Å². The molecule has 33 heavy (non-hydrogen) atoms. The SMILES string of the molecule is Cc1cc(Br)cc(C)c1OC(=O)c1ccc(NC2=C(Cl)C(=O)N(C3CCCCC3)C2=O)cc1. The standard InChI is InChI=1S/C25H24BrClN2O4/c1-14-12-17(26)13-15(2)22(14)33-25(32)16-8-10-18(11-9-16)28-21-20(27)23(30)29(24(21)31)19-6-4-3-5-7-19/h8-13,19,28H,3-7H2,1-2H3. The Hall–Kier alpha value is -2.64. The molecule has 0 aromatic heterocycles. The van der Waals surface area contributed by atoms with Gasteiger partial charge in [-0.2, -0.15) is 0 Å². The maximum absolute atomic E-state index is 12.9. The van der Waals surface area contributed by atoms with Gasteiger partial charge in [0.05, 0.1) is 5.56 Å². The second-order valence-electron chi connectivity index (χ2n) is 8.42. The number of hydrogen-bond acceptors (Lipinski definition) is 5. The number of imide groups is 1. The van der Waals surface area contributed by atoms with Crippen LogP contribution < -0.4 is 10.1 Å². The van der Waals surface area contributed by atoms with Crippen molar-refractivity contribution in [2.75, 3.05) is 5.32 Å². The third-order valence-electron chi connectivity index (χ3n) is 6.01. The highest BCUT2D eigenvalue weighted by Gasteiger charge is 2.42. The van der Waals surface area contributed by atoms with E-state index in [9.17, 15) is 14.4 Å². The second-order valence-corrected chi connectivity index (χ2v) is 9.72. The second kappa shape index (κ2) is 9.69. The molecule has 1 aliphatic heterocycles. The molecule has 0 saturated heterocycles. The quantitative estimate of drug-likeness (QED) is 0.298. The van der Waals surface area contributed by atoms with Crippen molar-refractivity contribution in [3.05, 3.63) is 68.3 Å². The maximum atomic E-state index is 12.9. The predicted octanol–water partition coefficient (Wildman–Crippen LogP) is 5.85. The summed E-state index contributed by atoms with van der Waals surface area (Å²) in [5, 5.41) is 2.86. The molecular weight excluding hydrogens is 508 g/mol. The highest BCUT2D eigenvalue weighted by Crippen LogP contribution is 2.32. The molecule has 0 bridgehead atoms. The van der Waals surface area contributed by atoms with E-state index in [0.717, 1.165) is 47.7 Å². The molecule has 172 valence electrons. The summed E-state index contributed by atoms with van der Waals surface area (Å²) in [5.41, 5.74) is 2.68. The Morgan fingerprint density at radius 2 is 1.64 bits per heavy atom. The Bertz CT molecular complexity index is 1130. The van der Waals surface area contributed by atoms with Crippen LogP contribution in [-0.2, 0) is 9.59 Å². The molecule has 0 atom stereocenters. The lowest BCUT2D eigenvalue weighted by atomic mass is 9.94. The van der Waals surface area contributed by atoms with Gasteiger partial charge in [0.1, 0.15) is 16.5 Å². The molecule has 2 aliphatic rings. The van der Waals surface area contributed by atoms with Gasteiger partial charge in [0.25, 0.3) is 11.8 Å². The number of amides is 2. The monoisotopic (exact) mass is 530 g/mol. The number of aryl methyl sites for hydroxylation is 2. The smallest absolute Gasteiger partial charge is 0.343 e. The summed E-state index contributed by atoms with van der Waals surface area (Å²) < 4.78 is 6.52. The molecule has 1 N–H and O–H groups in total. The molecule has 1 fully saturated rings. The van der Waals surface area contributed by atoms with E-state index in [1.165, 1.54) is 4.90 Å². The Balaban J connectivity index is 1.46. The van der Waals surface area contributed by atoms with Crippen molar-refractivity contribution in [2.45, 2.75) is 52.0 Å². The van der Waals surface area contributed by atoms with Crippen molar-refractivity contribution in [3.8, 4) is 5.75 Å². The van der Waals surface area contributed by atoms with Crippen LogP contribution in [0.4, 0.5) is 5.69 Å². The lowest BCUT2D eigenvalue weighted by Crippen LogP contribution is -2.42. The molecule has 1 heterocycles. The summed E-state index contributed by atoms with van der Waals surface area (Å²) in [6, 6.07) is 10.2. The molecule has 2 aromatic rings. The van der Waals surface area contributed by atoms with Crippen molar-refractivity contribution in [1.82, 2.24) is 4.90 Å². The van der Waals surface area contributed by atoms with Gasteiger partial charge in [0.15, 0.2) is 0 Å². The number of esters is 1. The first-order valence-electron chi connectivity index (χ1n) is 10.9.